The summed E-state index contributed by atoms with van der Waals surface area (Å²) in [6, 6.07) is 0. The van der Waals surface area contributed by atoms with Crippen molar-refractivity contribution in [3.63, 3.8) is 0 Å². The van der Waals surface area contributed by atoms with Crippen LogP contribution in [0.3, 0.4) is 0 Å². The standard InChI is InChI=1S/C13H22O2/c1-2-10-5-3-6-11(9-10)13(14)12-7-4-8-15-12/h7,10-11,13-14H,2-6,8-9H2,1H3. The SMILES string of the molecule is CCC1CCCC(C(O)C2=CCCO2)C1. The summed E-state index contributed by atoms with van der Waals surface area (Å²) in [5.41, 5.74) is 0. The van der Waals surface area contributed by atoms with Gasteiger partial charge >= 0.3 is 0 Å². The number of aliphatic hydroxyl groups excluding tert-OH is 1. The van der Waals surface area contributed by atoms with Crippen molar-refractivity contribution in [1.29, 1.82) is 0 Å². The first kappa shape index (κ1) is 11.0. The lowest BCUT2D eigenvalue weighted by Crippen LogP contribution is -2.28. The highest BCUT2D eigenvalue weighted by Gasteiger charge is 2.30. The fraction of sp³-hybridized carbons (Fsp3) is 0.846. The molecule has 0 radical (unpaired) electrons. The van der Waals surface area contributed by atoms with E-state index in [2.05, 4.69) is 13.0 Å². The molecule has 1 fully saturated rings. The molecular formula is C13H22O2. The molecular weight excluding hydrogens is 188 g/mol. The molecule has 0 aromatic carbocycles. The van der Waals surface area contributed by atoms with Crippen LogP contribution in [0.1, 0.15) is 45.4 Å². The van der Waals surface area contributed by atoms with Crippen molar-refractivity contribution >= 4 is 0 Å². The zero-order valence-corrected chi connectivity index (χ0v) is 9.61. The number of hydrogen-bond acceptors (Lipinski definition) is 2. The van der Waals surface area contributed by atoms with Gasteiger partial charge in [0.15, 0.2) is 0 Å². The Morgan fingerprint density at radius 3 is 3.07 bits per heavy atom. The van der Waals surface area contributed by atoms with Crippen LogP contribution in [0.4, 0.5) is 0 Å². The fourth-order valence-electron chi connectivity index (χ4n) is 2.87. The first-order valence-corrected chi connectivity index (χ1v) is 6.32. The van der Waals surface area contributed by atoms with Gasteiger partial charge in [-0.05, 0) is 30.8 Å². The highest BCUT2D eigenvalue weighted by atomic mass is 16.5. The number of ether oxygens (including phenoxy) is 1. The minimum absolute atomic E-state index is 0.332. The number of aliphatic hydroxyl groups is 1. The molecule has 1 saturated carbocycles. The van der Waals surface area contributed by atoms with Crippen LogP contribution >= 0.6 is 0 Å². The van der Waals surface area contributed by atoms with Gasteiger partial charge in [0.25, 0.3) is 0 Å². The molecule has 1 N–H and O–H groups in total. The Hall–Kier alpha value is -0.500. The fourth-order valence-corrected chi connectivity index (χ4v) is 2.87. The molecule has 2 nitrogen and oxygen atoms in total. The molecule has 2 aliphatic rings. The Kier molecular flexibility index (Phi) is 3.68. The van der Waals surface area contributed by atoms with Crippen LogP contribution in [0, 0.1) is 11.8 Å². The molecule has 0 spiro atoms. The van der Waals surface area contributed by atoms with E-state index in [-0.39, 0.29) is 6.10 Å². The Morgan fingerprint density at radius 1 is 1.53 bits per heavy atom. The van der Waals surface area contributed by atoms with E-state index in [0.717, 1.165) is 24.7 Å². The maximum atomic E-state index is 10.2. The highest BCUT2D eigenvalue weighted by Crippen LogP contribution is 2.35. The topological polar surface area (TPSA) is 29.5 Å². The van der Waals surface area contributed by atoms with Crippen LogP contribution in [0.2, 0.25) is 0 Å². The van der Waals surface area contributed by atoms with Crippen molar-refractivity contribution in [3.05, 3.63) is 11.8 Å². The van der Waals surface area contributed by atoms with E-state index in [9.17, 15) is 5.11 Å². The van der Waals surface area contributed by atoms with E-state index < -0.39 is 0 Å². The van der Waals surface area contributed by atoms with E-state index in [1.54, 1.807) is 0 Å². The van der Waals surface area contributed by atoms with E-state index in [1.807, 2.05) is 0 Å². The maximum Gasteiger partial charge on any atom is 0.121 e. The second-order valence-corrected chi connectivity index (χ2v) is 4.89. The van der Waals surface area contributed by atoms with Gasteiger partial charge in [0.2, 0.25) is 0 Å². The normalized spacial score (nSPS) is 33.3. The van der Waals surface area contributed by atoms with Crippen LogP contribution in [0.15, 0.2) is 11.8 Å². The van der Waals surface area contributed by atoms with Gasteiger partial charge in [-0.15, -0.1) is 0 Å². The molecule has 0 amide bonds. The minimum Gasteiger partial charge on any atom is -0.495 e. The van der Waals surface area contributed by atoms with Crippen LogP contribution in [-0.2, 0) is 4.74 Å². The Bertz CT molecular complexity index is 235. The zero-order chi connectivity index (χ0) is 10.7. The van der Waals surface area contributed by atoms with Gasteiger partial charge in [0.05, 0.1) is 6.61 Å². The minimum atomic E-state index is -0.332. The third kappa shape index (κ3) is 2.54. The molecule has 1 aliphatic heterocycles. The number of hydrogen-bond donors (Lipinski definition) is 1. The molecule has 3 unspecified atom stereocenters. The average molecular weight is 210 g/mol. The smallest absolute Gasteiger partial charge is 0.121 e. The predicted molar refractivity (Wildman–Crippen MR) is 60.4 cm³/mol. The van der Waals surface area contributed by atoms with E-state index in [0.29, 0.717) is 5.92 Å². The van der Waals surface area contributed by atoms with E-state index >= 15 is 0 Å². The lowest BCUT2D eigenvalue weighted by Gasteiger charge is -2.31. The molecule has 0 saturated heterocycles. The molecule has 3 atom stereocenters. The second-order valence-electron chi connectivity index (χ2n) is 4.89. The monoisotopic (exact) mass is 210 g/mol. The Labute approximate surface area is 92.3 Å². The molecule has 0 bridgehead atoms. The van der Waals surface area contributed by atoms with E-state index in [1.165, 1.54) is 32.1 Å². The van der Waals surface area contributed by atoms with Crippen molar-refractivity contribution in [2.75, 3.05) is 6.61 Å². The Morgan fingerprint density at radius 2 is 2.40 bits per heavy atom. The molecule has 0 aromatic heterocycles. The maximum absolute atomic E-state index is 10.2. The molecule has 2 heteroatoms. The summed E-state index contributed by atoms with van der Waals surface area (Å²) in [7, 11) is 0. The van der Waals surface area contributed by atoms with Gasteiger partial charge in [-0.2, -0.15) is 0 Å². The lowest BCUT2D eigenvalue weighted by atomic mass is 9.77. The molecule has 1 aliphatic carbocycles. The summed E-state index contributed by atoms with van der Waals surface area (Å²) >= 11 is 0. The van der Waals surface area contributed by atoms with Gasteiger partial charge in [-0.25, -0.2) is 0 Å². The molecule has 2 rings (SSSR count). The lowest BCUT2D eigenvalue weighted by molar-refractivity contribution is 0.0473. The van der Waals surface area contributed by atoms with Crippen molar-refractivity contribution in [3.8, 4) is 0 Å². The number of rotatable bonds is 3. The summed E-state index contributed by atoms with van der Waals surface area (Å²) in [5, 5.41) is 10.2. The molecule has 15 heavy (non-hydrogen) atoms. The average Bonchev–Trinajstić information content (AvgIpc) is 2.81. The summed E-state index contributed by atoms with van der Waals surface area (Å²) in [6.45, 7) is 3.01. The van der Waals surface area contributed by atoms with Crippen LogP contribution in [0.25, 0.3) is 0 Å². The first-order valence-electron chi connectivity index (χ1n) is 6.32. The van der Waals surface area contributed by atoms with Crippen molar-refractivity contribution in [1.82, 2.24) is 0 Å². The van der Waals surface area contributed by atoms with Gasteiger partial charge in [-0.3, -0.25) is 0 Å². The third-order valence-electron chi connectivity index (χ3n) is 3.87. The highest BCUT2D eigenvalue weighted by molar-refractivity contribution is 5.06. The van der Waals surface area contributed by atoms with Crippen molar-refractivity contribution < 1.29 is 9.84 Å². The second kappa shape index (κ2) is 5.02. The predicted octanol–water partition coefficient (Wildman–Crippen LogP) is 2.87. The van der Waals surface area contributed by atoms with Gasteiger partial charge in [0.1, 0.15) is 11.9 Å². The summed E-state index contributed by atoms with van der Waals surface area (Å²) in [5.74, 6) is 2.10. The van der Waals surface area contributed by atoms with Crippen LogP contribution in [0.5, 0.6) is 0 Å². The summed E-state index contributed by atoms with van der Waals surface area (Å²) in [6.07, 6.45) is 8.91. The van der Waals surface area contributed by atoms with Gasteiger partial charge in [0, 0.05) is 6.42 Å². The van der Waals surface area contributed by atoms with Crippen LogP contribution in [-0.4, -0.2) is 17.8 Å². The molecule has 86 valence electrons. The largest absolute Gasteiger partial charge is 0.495 e. The van der Waals surface area contributed by atoms with E-state index in [4.69, 9.17) is 4.74 Å². The summed E-state index contributed by atoms with van der Waals surface area (Å²) < 4.78 is 5.45. The van der Waals surface area contributed by atoms with Crippen molar-refractivity contribution in [2.45, 2.75) is 51.6 Å². The van der Waals surface area contributed by atoms with Gasteiger partial charge in [-0.1, -0.05) is 26.2 Å². The van der Waals surface area contributed by atoms with Crippen LogP contribution < -0.4 is 0 Å². The van der Waals surface area contributed by atoms with Gasteiger partial charge < -0.3 is 9.84 Å². The quantitative estimate of drug-likeness (QED) is 0.776. The summed E-state index contributed by atoms with van der Waals surface area (Å²) in [4.78, 5) is 0. The van der Waals surface area contributed by atoms with Crippen molar-refractivity contribution in [2.24, 2.45) is 11.8 Å². The molecule has 0 aromatic rings. The Balaban J connectivity index is 1.91. The first-order chi connectivity index (χ1) is 7.31. The zero-order valence-electron chi connectivity index (χ0n) is 9.61. The third-order valence-corrected chi connectivity index (χ3v) is 3.87. The molecule has 1 heterocycles.